The molecule has 0 saturated heterocycles. The van der Waals surface area contributed by atoms with Crippen LogP contribution in [0.25, 0.3) is 10.9 Å². The summed E-state index contributed by atoms with van der Waals surface area (Å²) in [7, 11) is 0. The topological polar surface area (TPSA) is 83.2 Å². The predicted octanol–water partition coefficient (Wildman–Crippen LogP) is 4.55. The number of para-hydroxylation sites is 2. The summed E-state index contributed by atoms with van der Waals surface area (Å²) in [6.45, 7) is 7.28. The van der Waals surface area contributed by atoms with Gasteiger partial charge in [0.25, 0.3) is 0 Å². The van der Waals surface area contributed by atoms with Gasteiger partial charge in [0, 0.05) is 29.2 Å². The number of amides is 2. The third kappa shape index (κ3) is 5.38. The lowest BCUT2D eigenvalue weighted by Gasteiger charge is -2.23. The number of ether oxygens (including phenoxy) is 1. The van der Waals surface area contributed by atoms with E-state index in [1.807, 2.05) is 61.7 Å². The van der Waals surface area contributed by atoms with Crippen LogP contribution in [0.1, 0.15) is 31.9 Å². The number of alkyl carbamates (subject to hydrolysis) is 1. The van der Waals surface area contributed by atoms with Gasteiger partial charge in [0.05, 0.1) is 0 Å². The number of H-pyrrole nitrogens is 1. The first-order valence-electron chi connectivity index (χ1n) is 9.64. The maximum absolute atomic E-state index is 13.0. The molecule has 1 atom stereocenters. The lowest BCUT2D eigenvalue weighted by Crippen LogP contribution is -2.47. The van der Waals surface area contributed by atoms with Crippen molar-refractivity contribution in [2.24, 2.45) is 0 Å². The molecule has 6 heteroatoms. The van der Waals surface area contributed by atoms with Crippen LogP contribution in [0.4, 0.5) is 10.5 Å². The second-order valence-corrected chi connectivity index (χ2v) is 8.07. The molecule has 29 heavy (non-hydrogen) atoms. The van der Waals surface area contributed by atoms with Crippen molar-refractivity contribution in [1.29, 1.82) is 0 Å². The van der Waals surface area contributed by atoms with Crippen LogP contribution < -0.4 is 10.6 Å². The van der Waals surface area contributed by atoms with Crippen molar-refractivity contribution in [3.63, 3.8) is 0 Å². The van der Waals surface area contributed by atoms with Crippen LogP contribution in [-0.4, -0.2) is 28.6 Å². The minimum Gasteiger partial charge on any atom is -0.444 e. The van der Waals surface area contributed by atoms with E-state index in [0.717, 1.165) is 22.0 Å². The molecular weight excluding hydrogens is 366 g/mol. The van der Waals surface area contributed by atoms with Gasteiger partial charge in [0.15, 0.2) is 0 Å². The van der Waals surface area contributed by atoms with Crippen LogP contribution in [0, 0.1) is 6.92 Å². The third-order valence-electron chi connectivity index (χ3n) is 4.51. The Morgan fingerprint density at radius 2 is 1.76 bits per heavy atom. The van der Waals surface area contributed by atoms with Crippen molar-refractivity contribution in [1.82, 2.24) is 10.3 Å². The van der Waals surface area contributed by atoms with E-state index in [9.17, 15) is 9.59 Å². The van der Waals surface area contributed by atoms with E-state index in [2.05, 4.69) is 15.6 Å². The summed E-state index contributed by atoms with van der Waals surface area (Å²) in [4.78, 5) is 28.6. The molecule has 0 aliphatic heterocycles. The number of carbonyl (C=O) groups is 2. The Balaban J connectivity index is 1.83. The fourth-order valence-electron chi connectivity index (χ4n) is 3.11. The highest BCUT2D eigenvalue weighted by Gasteiger charge is 2.26. The number of nitrogens with one attached hydrogen (secondary N) is 3. The van der Waals surface area contributed by atoms with E-state index in [1.165, 1.54) is 0 Å². The first kappa shape index (κ1) is 20.5. The minimum absolute atomic E-state index is 0.296. The van der Waals surface area contributed by atoms with Gasteiger partial charge >= 0.3 is 6.09 Å². The minimum atomic E-state index is -0.788. The number of anilines is 1. The molecule has 0 spiro atoms. The Labute approximate surface area is 170 Å². The van der Waals surface area contributed by atoms with Crippen LogP contribution in [0.3, 0.4) is 0 Å². The second kappa shape index (κ2) is 8.39. The van der Waals surface area contributed by atoms with Crippen molar-refractivity contribution >= 4 is 28.6 Å². The molecule has 1 unspecified atom stereocenters. The van der Waals surface area contributed by atoms with Crippen LogP contribution in [0.15, 0.2) is 54.7 Å². The molecule has 3 rings (SSSR count). The van der Waals surface area contributed by atoms with Crippen molar-refractivity contribution < 1.29 is 14.3 Å². The molecule has 2 aromatic carbocycles. The SMILES string of the molecule is Cc1ccccc1NC(=O)C(Cc1c[nH]c2ccccc12)NC(=O)OC(C)(C)C. The third-order valence-corrected chi connectivity index (χ3v) is 4.51. The van der Waals surface area contributed by atoms with Crippen LogP contribution in [-0.2, 0) is 16.0 Å². The Kier molecular flexibility index (Phi) is 5.92. The number of aryl methyl sites for hydroxylation is 1. The number of aromatic nitrogens is 1. The molecule has 2 amide bonds. The molecule has 6 nitrogen and oxygen atoms in total. The molecule has 3 aromatic rings. The fraction of sp³-hybridized carbons (Fsp3) is 0.304. The van der Waals surface area contributed by atoms with Gasteiger partial charge in [-0.05, 0) is 51.0 Å². The average Bonchev–Trinajstić information content (AvgIpc) is 3.04. The molecule has 1 aromatic heterocycles. The number of hydrogen-bond donors (Lipinski definition) is 3. The summed E-state index contributed by atoms with van der Waals surface area (Å²) in [6, 6.07) is 14.6. The lowest BCUT2D eigenvalue weighted by atomic mass is 10.0. The van der Waals surface area contributed by atoms with Crippen LogP contribution >= 0.6 is 0 Å². The summed E-state index contributed by atoms with van der Waals surface area (Å²) in [5, 5.41) is 6.67. The van der Waals surface area contributed by atoms with Gasteiger partial charge in [0.1, 0.15) is 11.6 Å². The summed E-state index contributed by atoms with van der Waals surface area (Å²) in [5.41, 5.74) is 2.94. The van der Waals surface area contributed by atoms with Gasteiger partial charge < -0.3 is 20.4 Å². The molecular formula is C23H27N3O3. The number of aromatic amines is 1. The highest BCUT2D eigenvalue weighted by molar-refractivity contribution is 5.97. The second-order valence-electron chi connectivity index (χ2n) is 8.07. The Morgan fingerprint density at radius 1 is 1.07 bits per heavy atom. The van der Waals surface area contributed by atoms with E-state index < -0.39 is 17.7 Å². The maximum Gasteiger partial charge on any atom is 0.408 e. The molecule has 0 aliphatic rings. The Morgan fingerprint density at radius 3 is 2.48 bits per heavy atom. The van der Waals surface area contributed by atoms with Gasteiger partial charge in [-0.15, -0.1) is 0 Å². The fourth-order valence-corrected chi connectivity index (χ4v) is 3.11. The average molecular weight is 393 g/mol. The van der Waals surface area contributed by atoms with Crippen molar-refractivity contribution in [2.45, 2.75) is 45.8 Å². The lowest BCUT2D eigenvalue weighted by molar-refractivity contribution is -0.118. The Bertz CT molecular complexity index is 1020. The quantitative estimate of drug-likeness (QED) is 0.595. The smallest absolute Gasteiger partial charge is 0.408 e. The van der Waals surface area contributed by atoms with Gasteiger partial charge in [-0.3, -0.25) is 4.79 Å². The van der Waals surface area contributed by atoms with Crippen LogP contribution in [0.2, 0.25) is 0 Å². The molecule has 0 fully saturated rings. The molecule has 152 valence electrons. The number of rotatable bonds is 5. The van der Waals surface area contributed by atoms with Gasteiger partial charge in [-0.1, -0.05) is 36.4 Å². The predicted molar refractivity (Wildman–Crippen MR) is 115 cm³/mol. The van der Waals surface area contributed by atoms with E-state index in [0.29, 0.717) is 12.1 Å². The van der Waals surface area contributed by atoms with Gasteiger partial charge in [-0.2, -0.15) is 0 Å². The molecule has 1 heterocycles. The number of benzene rings is 2. The standard InChI is InChI=1S/C23H27N3O3/c1-15-9-5-7-11-18(15)25-21(27)20(26-22(28)29-23(2,3)4)13-16-14-24-19-12-8-6-10-17(16)19/h5-12,14,20,24H,13H2,1-4H3,(H,25,27)(H,26,28). The number of carbonyl (C=O) groups excluding carboxylic acids is 2. The van der Waals surface area contributed by atoms with Crippen LogP contribution in [0.5, 0.6) is 0 Å². The summed E-state index contributed by atoms with van der Waals surface area (Å²) in [6.07, 6.45) is 1.58. The normalized spacial score (nSPS) is 12.4. The van der Waals surface area contributed by atoms with E-state index in [-0.39, 0.29) is 5.91 Å². The van der Waals surface area contributed by atoms with Gasteiger partial charge in [-0.25, -0.2) is 4.79 Å². The highest BCUT2D eigenvalue weighted by atomic mass is 16.6. The van der Waals surface area contributed by atoms with Crippen molar-refractivity contribution in [2.75, 3.05) is 5.32 Å². The zero-order valence-electron chi connectivity index (χ0n) is 17.2. The maximum atomic E-state index is 13.0. The first-order chi connectivity index (χ1) is 13.7. The van der Waals surface area contributed by atoms with Gasteiger partial charge in [0.2, 0.25) is 5.91 Å². The molecule has 3 N–H and O–H groups in total. The molecule has 0 bridgehead atoms. The largest absolute Gasteiger partial charge is 0.444 e. The monoisotopic (exact) mass is 393 g/mol. The zero-order valence-corrected chi connectivity index (χ0v) is 17.2. The number of fused-ring (bicyclic) bond motifs is 1. The van der Waals surface area contributed by atoms with Crippen molar-refractivity contribution in [3.8, 4) is 0 Å². The van der Waals surface area contributed by atoms with E-state index in [1.54, 1.807) is 20.8 Å². The molecule has 0 aliphatic carbocycles. The first-order valence-corrected chi connectivity index (χ1v) is 9.64. The summed E-state index contributed by atoms with van der Waals surface area (Å²) < 4.78 is 5.36. The van der Waals surface area contributed by atoms with E-state index in [4.69, 9.17) is 4.74 Å². The molecule has 0 saturated carbocycles. The van der Waals surface area contributed by atoms with E-state index >= 15 is 0 Å². The van der Waals surface area contributed by atoms with Crippen molar-refractivity contribution in [3.05, 3.63) is 65.9 Å². The highest BCUT2D eigenvalue weighted by Crippen LogP contribution is 2.20. The Hall–Kier alpha value is -3.28. The summed E-state index contributed by atoms with van der Waals surface area (Å²) in [5.74, 6) is -0.296. The summed E-state index contributed by atoms with van der Waals surface area (Å²) >= 11 is 0. The molecule has 0 radical (unpaired) electrons. The zero-order chi connectivity index (χ0) is 21.0. The number of hydrogen-bond acceptors (Lipinski definition) is 3.